The maximum absolute atomic E-state index is 13.0. The fourth-order valence-corrected chi connectivity index (χ4v) is 12.7. The lowest BCUT2D eigenvalue weighted by Gasteiger charge is -2.50. The van der Waals surface area contributed by atoms with Gasteiger partial charge in [-0.3, -0.25) is 36.4 Å². The third-order valence-electron chi connectivity index (χ3n) is 12.4. The molecular formula is C31H53N3O49S8. The number of hydrogen-bond donors (Lipinski definition) is 19. The van der Waals surface area contributed by atoms with Crippen molar-refractivity contribution in [3.63, 3.8) is 0 Å². The van der Waals surface area contributed by atoms with Gasteiger partial charge in [-0.2, -0.15) is 81.5 Å². The van der Waals surface area contributed by atoms with E-state index in [-0.39, 0.29) is 0 Å². The van der Waals surface area contributed by atoms with Crippen LogP contribution in [-0.4, -0.2) is 337 Å². The fraction of sp³-hybridized carbons (Fsp3) is 0.935. The van der Waals surface area contributed by atoms with E-state index in [1.807, 2.05) is 0 Å². The summed E-state index contributed by atoms with van der Waals surface area (Å²) in [6.45, 7) is -5.06. The van der Waals surface area contributed by atoms with Gasteiger partial charge in [-0.25, -0.2) is 30.5 Å². The summed E-state index contributed by atoms with van der Waals surface area (Å²) in [6, 6.07) is -8.17. The van der Waals surface area contributed by atoms with Gasteiger partial charge in [-0.1, -0.05) is 0 Å². The Kier molecular flexibility index (Phi) is 26.0. The van der Waals surface area contributed by atoms with Crippen molar-refractivity contribution < 1.29 is 222 Å². The Hall–Kier alpha value is -2.74. The number of aliphatic hydroxyl groups excluding tert-OH is 6. The molecule has 19 N–H and O–H groups in total. The van der Waals surface area contributed by atoms with Gasteiger partial charge in [0.25, 0.3) is 0 Å². The third kappa shape index (κ3) is 22.9. The van der Waals surface area contributed by atoms with Crippen LogP contribution in [0.5, 0.6) is 0 Å². The predicted octanol–water partition coefficient (Wildman–Crippen LogP) is -13.8. The van der Waals surface area contributed by atoms with Crippen molar-refractivity contribution in [2.75, 3.05) is 26.9 Å². The molecule has 0 unspecified atom stereocenters. The second kappa shape index (κ2) is 29.9. The van der Waals surface area contributed by atoms with E-state index in [0.717, 1.165) is 11.8 Å². The van der Waals surface area contributed by atoms with Crippen LogP contribution in [0.1, 0.15) is 0 Å². The molecule has 5 fully saturated rings. The van der Waals surface area contributed by atoms with Gasteiger partial charge in [-0.15, -0.1) is 0 Å². The average molecular weight is 1510 g/mol. The highest BCUT2D eigenvalue weighted by atomic mass is 32.3. The second-order valence-corrected chi connectivity index (χ2v) is 27.6. The summed E-state index contributed by atoms with van der Waals surface area (Å²) in [5.74, 6) is -4.91. The van der Waals surface area contributed by atoms with Crippen molar-refractivity contribution in [2.45, 2.75) is 153 Å². The summed E-state index contributed by atoms with van der Waals surface area (Å²) < 4.78 is 346. The highest BCUT2D eigenvalue weighted by Crippen LogP contribution is 2.39. The smallest absolute Gasteiger partial charge is 0.397 e. The summed E-state index contributed by atoms with van der Waals surface area (Å²) >= 11 is 0. The third-order valence-corrected chi connectivity index (χ3v) is 16.4. The van der Waals surface area contributed by atoms with Crippen molar-refractivity contribution >= 4 is 94.8 Å². The summed E-state index contributed by atoms with van der Waals surface area (Å²) in [6.07, 6.45) is -63.6. The Balaban J connectivity index is 1.60. The first-order valence-corrected chi connectivity index (χ1v) is 34.7. The van der Waals surface area contributed by atoms with Crippen molar-refractivity contribution in [1.82, 2.24) is 14.2 Å². The monoisotopic (exact) mass is 1510 g/mol. The molecule has 0 saturated carbocycles. The normalized spacial score (nSPS) is 38.6. The van der Waals surface area contributed by atoms with Crippen molar-refractivity contribution in [3.8, 4) is 0 Å². The molecule has 0 amide bonds. The Morgan fingerprint density at radius 3 is 1.13 bits per heavy atom. The molecule has 0 bridgehead atoms. The van der Waals surface area contributed by atoms with Crippen LogP contribution in [0, 0.1) is 0 Å². The fourth-order valence-electron chi connectivity index (χ4n) is 8.98. The number of ether oxygens (including phenoxy) is 10. The van der Waals surface area contributed by atoms with Crippen LogP contribution in [-0.2, 0) is 161 Å². The summed E-state index contributed by atoms with van der Waals surface area (Å²) in [5.41, 5.74) is 0. The lowest BCUT2D eigenvalue weighted by Crippen LogP contribution is -2.71. The lowest BCUT2D eigenvalue weighted by molar-refractivity contribution is -0.373. The zero-order valence-corrected chi connectivity index (χ0v) is 50.5. The van der Waals surface area contributed by atoms with Crippen LogP contribution < -0.4 is 14.2 Å². The van der Waals surface area contributed by atoms with E-state index in [1.54, 1.807) is 0 Å². The van der Waals surface area contributed by atoms with Gasteiger partial charge in [0.2, 0.25) is 0 Å². The van der Waals surface area contributed by atoms with Crippen molar-refractivity contribution in [3.05, 3.63) is 0 Å². The highest BCUT2D eigenvalue weighted by molar-refractivity contribution is 7.84. The number of aliphatic hydroxyl groups is 6. The molecule has 534 valence electrons. The first-order valence-electron chi connectivity index (χ1n) is 23.5. The quantitative estimate of drug-likeness (QED) is 0.0297. The molecule has 5 saturated heterocycles. The maximum atomic E-state index is 13.0. The summed E-state index contributed by atoms with van der Waals surface area (Å²) in [4.78, 5) is 25.8. The lowest BCUT2D eigenvalue weighted by atomic mass is 9.94. The largest absolute Gasteiger partial charge is 0.479 e. The molecule has 0 aromatic heterocycles. The molecule has 60 heteroatoms. The SMILES string of the molecule is CO[C@H]1O[C@H](COS(=O)(=O)O)[C@@H](O[C@@H]2O[C@@H](C(=O)O)[C@@H](O[C@H]3O[C@H](COS(=O)(=O)O)[C@H](O[C@@H]4O[C@H](C(=O)O)[C@@H](O[C@H]5O[C@H](COS(=O)(=O)O)[C@@H](O)[C@H](O)[C@H]5NS(=O)(=O)O)[C@H](O)[C@H]4O)[C@H](OS(=O)(=O)O)[C@H]3NS(=O)(=O)O)[C@H](O)[C@H]2OS(=O)(=O)O)[C@H](O)[C@H]1NS(=O)(=O)O. The van der Waals surface area contributed by atoms with E-state index in [1.165, 1.54) is 9.44 Å². The molecule has 0 aromatic carbocycles. The topological polar surface area (TPSA) is 805 Å². The minimum Gasteiger partial charge on any atom is -0.479 e. The molecule has 52 nitrogen and oxygen atoms in total. The van der Waals surface area contributed by atoms with Gasteiger partial charge in [0.05, 0.1) is 19.8 Å². The molecule has 91 heavy (non-hydrogen) atoms. The minimum atomic E-state index is -6.36. The van der Waals surface area contributed by atoms with E-state index in [9.17, 15) is 150 Å². The number of nitrogens with one attached hydrogen (secondary N) is 3. The predicted molar refractivity (Wildman–Crippen MR) is 262 cm³/mol. The maximum Gasteiger partial charge on any atom is 0.397 e. The summed E-state index contributed by atoms with van der Waals surface area (Å²) in [7, 11) is -45.9. The van der Waals surface area contributed by atoms with Crippen LogP contribution in [0.3, 0.4) is 0 Å². The van der Waals surface area contributed by atoms with E-state index in [4.69, 9.17) is 51.9 Å². The number of aliphatic carboxylic acids is 2. The van der Waals surface area contributed by atoms with Gasteiger partial charge in [-0.05, 0) is 0 Å². The molecule has 5 heterocycles. The van der Waals surface area contributed by atoms with Gasteiger partial charge < -0.3 is 88.2 Å². The second-order valence-electron chi connectivity index (χ2n) is 18.7. The molecule has 5 rings (SSSR count). The van der Waals surface area contributed by atoms with E-state index >= 15 is 0 Å². The zero-order chi connectivity index (χ0) is 69.4. The van der Waals surface area contributed by atoms with E-state index < -0.39 is 268 Å². The minimum absolute atomic E-state index is 0.735. The van der Waals surface area contributed by atoms with E-state index in [2.05, 4.69) is 20.9 Å². The molecule has 0 aromatic rings. The van der Waals surface area contributed by atoms with Crippen LogP contribution in [0.25, 0.3) is 0 Å². The number of methoxy groups -OCH3 is 1. The highest BCUT2D eigenvalue weighted by Gasteiger charge is 2.61. The molecule has 0 spiro atoms. The molecular weight excluding hydrogens is 1450 g/mol. The Bertz CT molecular complexity index is 3490. The number of hydrogen-bond acceptors (Lipinski definition) is 39. The van der Waals surface area contributed by atoms with Crippen LogP contribution in [0.15, 0.2) is 0 Å². The first kappa shape index (κ1) is 79.0. The Morgan fingerprint density at radius 2 is 0.703 bits per heavy atom. The van der Waals surface area contributed by atoms with Crippen molar-refractivity contribution in [2.24, 2.45) is 0 Å². The van der Waals surface area contributed by atoms with Crippen LogP contribution in [0.4, 0.5) is 0 Å². The zero-order valence-electron chi connectivity index (χ0n) is 43.9. The average Bonchev–Trinajstić information content (AvgIpc) is 0.767. The van der Waals surface area contributed by atoms with Gasteiger partial charge in [0.15, 0.2) is 49.8 Å². The van der Waals surface area contributed by atoms with Crippen LogP contribution >= 0.6 is 0 Å². The number of carbonyl (C=O) groups is 2. The Labute approximate surface area is 509 Å². The summed E-state index contributed by atoms with van der Waals surface area (Å²) in [5, 5.41) is 87.8. The molecule has 0 aliphatic carbocycles. The van der Waals surface area contributed by atoms with Crippen LogP contribution in [0.2, 0.25) is 0 Å². The standard InChI is InChI=1S/C31H53N3O49S8/c1-69-27-9(33-85(48,49)50)13(37)17(6(74-27)3-71-88(57,58)59)76-31-22(83-91(66,67)68)16(40)21(24(81-31)26(43)44)79-29-10(34-86(51,52)53)19(82-90(63,64)65)18(7(75-29)4-72-89(60,61)62)77-30-15(39)14(38)20(23(80-30)25(41)42)78-28-8(32-84(45,46)47)12(36)11(35)5(73-28)2-70-87(54,55)56/h5-24,27-40H,2-4H2,1H3,(H,41,42)(H,43,44)(H,45,46,47)(H,48,49,50)(H,51,52,53)(H,54,55,56)(H,57,58,59)(H,60,61,62)(H,63,64,65)(H,66,67,68)/t5-,6-,7-,8-,9-,10-,11-,12-,13-,14-,15-,16+,17-,18+,19-,20+,21+,22-,23+,24-,27+,28-,29-,30-,31-/m1/s1. The first-order chi connectivity index (χ1) is 41.2. The molecule has 5 aliphatic rings. The molecule has 0 radical (unpaired) electrons. The molecule has 25 atom stereocenters. The van der Waals surface area contributed by atoms with Gasteiger partial charge in [0, 0.05) is 7.11 Å². The molecule has 5 aliphatic heterocycles. The van der Waals surface area contributed by atoms with Crippen molar-refractivity contribution in [1.29, 1.82) is 0 Å². The number of carboxylic acid groups (broad SMARTS) is 2. The number of rotatable bonds is 30. The van der Waals surface area contributed by atoms with Gasteiger partial charge >= 0.3 is 94.8 Å². The van der Waals surface area contributed by atoms with E-state index in [0.29, 0.717) is 0 Å². The Morgan fingerprint density at radius 1 is 0.352 bits per heavy atom. The number of carboxylic acids is 2. The van der Waals surface area contributed by atoms with Gasteiger partial charge in [0.1, 0.15) is 104 Å².